The van der Waals surface area contributed by atoms with Crippen LogP contribution < -0.4 is 16.6 Å². The highest BCUT2D eigenvalue weighted by Crippen LogP contribution is 2.06. The van der Waals surface area contributed by atoms with E-state index < -0.39 is 23.8 Å². The first-order chi connectivity index (χ1) is 8.74. The first-order valence-electron chi connectivity index (χ1n) is 5.50. The maximum atomic E-state index is 11.2. The van der Waals surface area contributed by atoms with Crippen LogP contribution >= 0.6 is 0 Å². The first kappa shape index (κ1) is 17.0. The molecule has 0 aromatic carbocycles. The molecule has 0 bridgehead atoms. The van der Waals surface area contributed by atoms with Crippen molar-refractivity contribution in [1.29, 1.82) is 0 Å². The Bertz CT molecular complexity index is 326. The van der Waals surface area contributed by atoms with E-state index in [0.29, 0.717) is 0 Å². The summed E-state index contributed by atoms with van der Waals surface area (Å²) in [7, 11) is 0. The van der Waals surface area contributed by atoms with Gasteiger partial charge in [0.05, 0.1) is 0 Å². The molecule has 0 aromatic rings. The van der Waals surface area contributed by atoms with E-state index in [4.69, 9.17) is 10.6 Å². The van der Waals surface area contributed by atoms with Crippen molar-refractivity contribution in [2.75, 3.05) is 19.8 Å². The highest BCUT2D eigenvalue weighted by Gasteiger charge is 2.16. The summed E-state index contributed by atoms with van der Waals surface area (Å²) in [6.45, 7) is 4.49. The molecule has 0 aliphatic carbocycles. The number of hydrazine groups is 1. The third-order valence-corrected chi connectivity index (χ3v) is 1.47. The lowest BCUT2D eigenvalue weighted by atomic mass is 10.2. The van der Waals surface area contributed by atoms with Gasteiger partial charge in [-0.1, -0.05) is 0 Å². The van der Waals surface area contributed by atoms with E-state index in [1.165, 1.54) is 0 Å². The molecule has 9 heteroatoms. The Kier molecular flexibility index (Phi) is 7.27. The number of carbonyl (C=O) groups excluding carboxylic acids is 3. The molecule has 0 rings (SSSR count). The molecule has 110 valence electrons. The van der Waals surface area contributed by atoms with Crippen molar-refractivity contribution in [3.8, 4) is 0 Å². The molecule has 0 fully saturated rings. The molecule has 19 heavy (non-hydrogen) atoms. The van der Waals surface area contributed by atoms with E-state index in [9.17, 15) is 14.4 Å². The standard InChI is InChI=1S/C10H19N3O6/c1-10(2,3)19-8(15)12-6-7(14)17-4-5-18-9(16)13-11/h4-6,11H2,1-3H3,(H,12,15)(H,13,16). The first-order valence-corrected chi connectivity index (χ1v) is 5.50. The average Bonchev–Trinajstić information content (AvgIpc) is 2.29. The van der Waals surface area contributed by atoms with Gasteiger partial charge in [0.2, 0.25) is 0 Å². The number of nitrogens with one attached hydrogen (secondary N) is 2. The Balaban J connectivity index is 3.65. The second-order valence-electron chi connectivity index (χ2n) is 4.36. The highest BCUT2D eigenvalue weighted by atomic mass is 16.6. The van der Waals surface area contributed by atoms with Crippen LogP contribution in [-0.4, -0.2) is 43.5 Å². The highest BCUT2D eigenvalue weighted by molar-refractivity contribution is 5.78. The Morgan fingerprint density at radius 2 is 1.63 bits per heavy atom. The molecule has 0 heterocycles. The predicted molar refractivity (Wildman–Crippen MR) is 63.9 cm³/mol. The Morgan fingerprint density at radius 1 is 1.05 bits per heavy atom. The lowest BCUT2D eigenvalue weighted by Crippen LogP contribution is -2.36. The third kappa shape index (κ3) is 10.8. The van der Waals surface area contributed by atoms with Crippen LogP contribution in [0.4, 0.5) is 9.59 Å². The topological polar surface area (TPSA) is 129 Å². The van der Waals surface area contributed by atoms with Gasteiger partial charge in [-0.15, -0.1) is 0 Å². The van der Waals surface area contributed by atoms with Crippen molar-refractivity contribution in [3.05, 3.63) is 0 Å². The van der Waals surface area contributed by atoms with Crippen LogP contribution in [0.3, 0.4) is 0 Å². The maximum absolute atomic E-state index is 11.2. The normalized spacial score (nSPS) is 10.3. The van der Waals surface area contributed by atoms with Gasteiger partial charge in [-0.25, -0.2) is 15.4 Å². The number of esters is 1. The number of amides is 2. The number of alkyl carbamates (subject to hydrolysis) is 1. The molecule has 0 atom stereocenters. The van der Waals surface area contributed by atoms with Crippen LogP contribution in [0.15, 0.2) is 0 Å². The SMILES string of the molecule is CC(C)(C)OC(=O)NCC(=O)OCCOC(=O)NN. The molecule has 0 aliphatic heterocycles. The fraction of sp³-hybridized carbons (Fsp3) is 0.700. The van der Waals surface area contributed by atoms with Gasteiger partial charge in [0.15, 0.2) is 0 Å². The Morgan fingerprint density at radius 3 is 2.16 bits per heavy atom. The quantitative estimate of drug-likeness (QED) is 0.156. The monoisotopic (exact) mass is 277 g/mol. The molecule has 0 aromatic heterocycles. The molecule has 0 spiro atoms. The summed E-state index contributed by atoms with van der Waals surface area (Å²) in [5.41, 5.74) is 1.10. The second-order valence-corrected chi connectivity index (χ2v) is 4.36. The van der Waals surface area contributed by atoms with Crippen LogP contribution in [0.2, 0.25) is 0 Å². The molecule has 2 amide bonds. The van der Waals surface area contributed by atoms with Crippen LogP contribution in [-0.2, 0) is 19.0 Å². The smallest absolute Gasteiger partial charge is 0.421 e. The van der Waals surface area contributed by atoms with Crippen LogP contribution in [0.25, 0.3) is 0 Å². The molecule has 0 saturated carbocycles. The summed E-state index contributed by atoms with van der Waals surface area (Å²) < 4.78 is 14.0. The average molecular weight is 277 g/mol. The Labute approximate surface area is 110 Å². The van der Waals surface area contributed by atoms with E-state index >= 15 is 0 Å². The molecule has 9 nitrogen and oxygen atoms in total. The predicted octanol–water partition coefficient (Wildman–Crippen LogP) is -0.346. The van der Waals surface area contributed by atoms with Gasteiger partial charge < -0.3 is 19.5 Å². The molecule has 4 N–H and O–H groups in total. The van der Waals surface area contributed by atoms with Crippen molar-refractivity contribution < 1.29 is 28.6 Å². The van der Waals surface area contributed by atoms with Crippen molar-refractivity contribution in [3.63, 3.8) is 0 Å². The molecule has 0 saturated heterocycles. The largest absolute Gasteiger partial charge is 0.461 e. The number of hydrogen-bond donors (Lipinski definition) is 3. The molecule has 0 radical (unpaired) electrons. The number of ether oxygens (including phenoxy) is 3. The third-order valence-electron chi connectivity index (χ3n) is 1.47. The van der Waals surface area contributed by atoms with Gasteiger partial charge in [0, 0.05) is 0 Å². The van der Waals surface area contributed by atoms with Gasteiger partial charge in [-0.3, -0.25) is 10.2 Å². The van der Waals surface area contributed by atoms with E-state index in [1.54, 1.807) is 26.2 Å². The van der Waals surface area contributed by atoms with Crippen molar-refractivity contribution in [2.24, 2.45) is 5.84 Å². The zero-order valence-electron chi connectivity index (χ0n) is 11.1. The van der Waals surface area contributed by atoms with E-state index in [1.807, 2.05) is 0 Å². The van der Waals surface area contributed by atoms with Crippen molar-refractivity contribution in [1.82, 2.24) is 10.7 Å². The molecular formula is C10H19N3O6. The summed E-state index contributed by atoms with van der Waals surface area (Å²) in [5.74, 6) is 4.07. The van der Waals surface area contributed by atoms with Gasteiger partial charge >= 0.3 is 18.2 Å². The molecule has 0 unspecified atom stereocenters. The number of hydrogen-bond acceptors (Lipinski definition) is 7. The zero-order chi connectivity index (χ0) is 14.9. The number of rotatable bonds is 5. The van der Waals surface area contributed by atoms with Crippen LogP contribution in [0.5, 0.6) is 0 Å². The minimum absolute atomic E-state index is 0.137. The van der Waals surface area contributed by atoms with Crippen molar-refractivity contribution in [2.45, 2.75) is 26.4 Å². The summed E-state index contributed by atoms with van der Waals surface area (Å²) in [6, 6.07) is 0. The van der Waals surface area contributed by atoms with Crippen LogP contribution in [0, 0.1) is 0 Å². The summed E-state index contributed by atoms with van der Waals surface area (Å²) >= 11 is 0. The summed E-state index contributed by atoms with van der Waals surface area (Å²) in [6.07, 6.45) is -1.55. The summed E-state index contributed by atoms with van der Waals surface area (Å²) in [5, 5.41) is 2.22. The van der Waals surface area contributed by atoms with E-state index in [2.05, 4.69) is 14.8 Å². The zero-order valence-corrected chi connectivity index (χ0v) is 11.1. The fourth-order valence-corrected chi connectivity index (χ4v) is 0.841. The lowest BCUT2D eigenvalue weighted by molar-refractivity contribution is -0.143. The lowest BCUT2D eigenvalue weighted by Gasteiger charge is -2.19. The minimum atomic E-state index is -0.831. The van der Waals surface area contributed by atoms with Gasteiger partial charge in [-0.05, 0) is 20.8 Å². The Hall–Kier alpha value is -2.03. The van der Waals surface area contributed by atoms with E-state index in [0.717, 1.165) is 0 Å². The molecule has 0 aliphatic rings. The minimum Gasteiger partial charge on any atom is -0.461 e. The van der Waals surface area contributed by atoms with Gasteiger partial charge in [-0.2, -0.15) is 0 Å². The van der Waals surface area contributed by atoms with Crippen LogP contribution in [0.1, 0.15) is 20.8 Å². The van der Waals surface area contributed by atoms with Gasteiger partial charge in [0.25, 0.3) is 0 Å². The fourth-order valence-electron chi connectivity index (χ4n) is 0.841. The molecular weight excluding hydrogens is 258 g/mol. The number of nitrogens with two attached hydrogens (primary N) is 1. The second kappa shape index (κ2) is 8.14. The number of carbonyl (C=O) groups is 3. The van der Waals surface area contributed by atoms with Crippen molar-refractivity contribution >= 4 is 18.2 Å². The maximum Gasteiger partial charge on any atom is 0.421 e. The van der Waals surface area contributed by atoms with Gasteiger partial charge in [0.1, 0.15) is 25.4 Å². The van der Waals surface area contributed by atoms with E-state index in [-0.39, 0.29) is 19.8 Å². The summed E-state index contributed by atoms with van der Waals surface area (Å²) in [4.78, 5) is 32.9.